The number of sulfonamides is 1. The van der Waals surface area contributed by atoms with Crippen molar-refractivity contribution in [2.24, 2.45) is 0 Å². The fourth-order valence-corrected chi connectivity index (χ4v) is 10.6. The smallest absolute Gasteiger partial charge is 0.237 e. The Morgan fingerprint density at radius 3 is 2.50 bits per heavy atom. The van der Waals surface area contributed by atoms with E-state index < -0.39 is 21.2 Å². The molecule has 11 nitrogen and oxygen atoms in total. The maximum Gasteiger partial charge on any atom is 0.237 e. The number of Topliss-reactive ketones (excluding diaryl/α,β-unsaturated/α-hetero) is 1. The highest BCUT2D eigenvalue weighted by molar-refractivity contribution is 7.90. The molecule has 4 fully saturated rings. The highest BCUT2D eigenvalue weighted by atomic mass is 32.2. The van der Waals surface area contributed by atoms with E-state index in [1.807, 2.05) is 18.3 Å². The molecule has 0 spiro atoms. The van der Waals surface area contributed by atoms with Gasteiger partial charge in [0.05, 0.1) is 60.6 Å². The van der Waals surface area contributed by atoms with Crippen LogP contribution in [-0.4, -0.2) is 83.4 Å². The lowest BCUT2D eigenvalue weighted by molar-refractivity contribution is -0.118. The number of piperazine rings is 1. The molecule has 1 unspecified atom stereocenters. The molecule has 2 N–H and O–H groups in total. The highest BCUT2D eigenvalue weighted by Crippen LogP contribution is 2.48. The second-order valence-electron chi connectivity index (χ2n) is 17.0. The van der Waals surface area contributed by atoms with Crippen molar-refractivity contribution in [3.63, 3.8) is 0 Å². The molecule has 0 radical (unpaired) electrons. The zero-order valence-corrected chi connectivity index (χ0v) is 33.7. The number of hydrogen-bond donors (Lipinski definition) is 2. The molecule has 296 valence electrons. The Balaban J connectivity index is 1.22. The van der Waals surface area contributed by atoms with Gasteiger partial charge in [0.1, 0.15) is 5.75 Å². The van der Waals surface area contributed by atoms with Crippen molar-refractivity contribution < 1.29 is 22.7 Å². The number of benzene rings is 2. The van der Waals surface area contributed by atoms with Crippen LogP contribution in [0.1, 0.15) is 123 Å². The first-order chi connectivity index (χ1) is 27.1. The fourth-order valence-electron chi connectivity index (χ4n) is 10.0. The topological polar surface area (TPSA) is 128 Å². The zero-order chi connectivity index (χ0) is 38.7. The lowest BCUT2D eigenvalue weighted by Crippen LogP contribution is -2.57. The first-order valence-corrected chi connectivity index (χ1v) is 22.3. The summed E-state index contributed by atoms with van der Waals surface area (Å²) in [4.78, 5) is 30.5. The number of carbonyl (C=O) groups is 2. The lowest BCUT2D eigenvalue weighted by Gasteiger charge is -2.37. The van der Waals surface area contributed by atoms with E-state index in [2.05, 4.69) is 54.5 Å². The summed E-state index contributed by atoms with van der Waals surface area (Å²) in [6.07, 6.45) is 15.3. The summed E-state index contributed by atoms with van der Waals surface area (Å²) in [6, 6.07) is 12.9. The molecule has 56 heavy (non-hydrogen) atoms. The number of carbonyl (C=O) groups excluding carboxylic acids is 2. The predicted octanol–water partition coefficient (Wildman–Crippen LogP) is 6.86. The average molecular weight is 779 g/mol. The second kappa shape index (κ2) is 14.9. The maximum absolute atomic E-state index is 14.9. The molecule has 9 rings (SSSR count). The molecule has 5 aliphatic rings. The summed E-state index contributed by atoms with van der Waals surface area (Å²) in [5, 5.41) is 9.02. The summed E-state index contributed by atoms with van der Waals surface area (Å²) in [6.45, 7) is 6.13. The van der Waals surface area contributed by atoms with Crippen molar-refractivity contribution in [1.82, 2.24) is 29.3 Å². The number of amides is 1. The van der Waals surface area contributed by atoms with E-state index in [0.29, 0.717) is 30.6 Å². The van der Waals surface area contributed by atoms with Gasteiger partial charge in [-0.1, -0.05) is 31.4 Å². The molecule has 4 aromatic rings. The number of ether oxygens (including phenoxy) is 1. The van der Waals surface area contributed by atoms with Crippen molar-refractivity contribution >= 4 is 44.3 Å². The minimum atomic E-state index is -3.76. The normalized spacial score (nSPS) is 21.9. The van der Waals surface area contributed by atoms with Crippen molar-refractivity contribution in [3.8, 4) is 17.0 Å². The summed E-state index contributed by atoms with van der Waals surface area (Å²) in [7, 11) is -2.06. The van der Waals surface area contributed by atoms with Gasteiger partial charge in [-0.05, 0) is 124 Å². The standard InChI is InChI=1S/C44H54N6O5S/c1-27(2)56(53,54)47-40(51)20-28-14-16-36-38(19-28)49-26-31(21-30-22-34(55-3)15-17-35(30)43(49)41(36)29-9-5-4-6-10-29)42-37(24-46-50(42)32-11-7-12-32)44(52)39-25-45-23-33-13-8-18-48(33)39/h14-17,19,21-22,24,27,29,32-33,39,45H,4-13,18,20,23,25-26H2,1-3H3,(H,47,51)/t33?,39-/m0/s1. The largest absolute Gasteiger partial charge is 0.497 e. The summed E-state index contributed by atoms with van der Waals surface area (Å²) in [5.41, 5.74) is 9.00. The van der Waals surface area contributed by atoms with Gasteiger partial charge in [0.15, 0.2) is 5.78 Å². The molecule has 2 atom stereocenters. The third-order valence-electron chi connectivity index (χ3n) is 13.2. The van der Waals surface area contributed by atoms with Crippen LogP contribution in [0.2, 0.25) is 0 Å². The van der Waals surface area contributed by atoms with E-state index in [1.54, 1.807) is 21.0 Å². The molecule has 12 heteroatoms. The number of methoxy groups -OCH3 is 1. The Hall–Kier alpha value is -4.26. The van der Waals surface area contributed by atoms with E-state index in [0.717, 1.165) is 103 Å². The van der Waals surface area contributed by atoms with Crippen molar-refractivity contribution in [2.45, 2.75) is 120 Å². The quantitative estimate of drug-likeness (QED) is 0.167. The number of aromatic nitrogens is 3. The van der Waals surface area contributed by atoms with E-state index in [4.69, 9.17) is 9.84 Å². The van der Waals surface area contributed by atoms with E-state index >= 15 is 0 Å². The SMILES string of the molecule is COc1ccc2c(c1)C=C(c1c(C(=O)[C@@H]3CNCC4CCCN43)cnn1C1CCC1)Cn1c-2c(C2CCCCC2)c2ccc(CC(=O)NS(=O)(=O)C(C)C)cc21. The first-order valence-electron chi connectivity index (χ1n) is 20.8. The number of rotatable bonds is 10. The van der Waals surface area contributed by atoms with E-state index in [1.165, 1.54) is 30.5 Å². The third-order valence-corrected chi connectivity index (χ3v) is 15.0. The van der Waals surface area contributed by atoms with Crippen LogP contribution in [0.5, 0.6) is 5.75 Å². The van der Waals surface area contributed by atoms with E-state index in [-0.39, 0.29) is 24.3 Å². The Labute approximate surface area is 329 Å². The fraction of sp³-hybridized carbons (Fsp3) is 0.523. The van der Waals surface area contributed by atoms with Crippen LogP contribution in [-0.2, 0) is 27.8 Å². The van der Waals surface area contributed by atoms with Gasteiger partial charge in [0.2, 0.25) is 15.9 Å². The minimum absolute atomic E-state index is 0.0579. The van der Waals surface area contributed by atoms with Crippen molar-refractivity contribution in [3.05, 3.63) is 70.5 Å². The van der Waals surface area contributed by atoms with Crippen LogP contribution >= 0.6 is 0 Å². The Morgan fingerprint density at radius 2 is 1.75 bits per heavy atom. The maximum atomic E-state index is 14.9. The van der Waals surface area contributed by atoms with Crippen LogP contribution in [0.25, 0.3) is 33.8 Å². The molecule has 3 aliphatic heterocycles. The summed E-state index contributed by atoms with van der Waals surface area (Å²) < 4.78 is 37.8. The Kier molecular flexibility index (Phi) is 9.94. The van der Waals surface area contributed by atoms with Gasteiger partial charge in [-0.3, -0.25) is 23.9 Å². The Morgan fingerprint density at radius 1 is 0.946 bits per heavy atom. The third kappa shape index (κ3) is 6.61. The number of ketones is 1. The van der Waals surface area contributed by atoms with Crippen LogP contribution in [0.15, 0.2) is 42.6 Å². The van der Waals surface area contributed by atoms with Crippen molar-refractivity contribution in [1.29, 1.82) is 0 Å². The van der Waals surface area contributed by atoms with Crippen LogP contribution in [0.3, 0.4) is 0 Å². The summed E-state index contributed by atoms with van der Waals surface area (Å²) in [5.74, 6) is 0.723. The molecule has 2 aromatic carbocycles. The average Bonchev–Trinajstić information content (AvgIpc) is 3.87. The van der Waals surface area contributed by atoms with Gasteiger partial charge in [0, 0.05) is 35.6 Å². The molecule has 1 amide bonds. The minimum Gasteiger partial charge on any atom is -0.497 e. The van der Waals surface area contributed by atoms with Gasteiger partial charge in [-0.15, -0.1) is 0 Å². The lowest BCUT2D eigenvalue weighted by atomic mass is 9.81. The number of nitrogens with one attached hydrogen (secondary N) is 2. The van der Waals surface area contributed by atoms with Gasteiger partial charge in [-0.25, -0.2) is 8.42 Å². The monoisotopic (exact) mass is 778 g/mol. The summed E-state index contributed by atoms with van der Waals surface area (Å²) >= 11 is 0. The van der Waals surface area contributed by atoms with Crippen molar-refractivity contribution in [2.75, 3.05) is 26.7 Å². The Bertz CT molecular complexity index is 2330. The molecule has 2 aromatic heterocycles. The predicted molar refractivity (Wildman–Crippen MR) is 219 cm³/mol. The number of nitrogens with zero attached hydrogens (tertiary/aromatic N) is 4. The molecule has 2 saturated carbocycles. The second-order valence-corrected chi connectivity index (χ2v) is 19.2. The first kappa shape index (κ1) is 37.3. The van der Waals surface area contributed by atoms with Gasteiger partial charge in [-0.2, -0.15) is 5.10 Å². The number of allylic oxidation sites excluding steroid dienone is 1. The molecule has 5 heterocycles. The molecule has 2 saturated heterocycles. The zero-order valence-electron chi connectivity index (χ0n) is 32.9. The molecule has 0 bridgehead atoms. The number of hydrogen-bond acceptors (Lipinski definition) is 8. The molecular weight excluding hydrogens is 725 g/mol. The number of fused-ring (bicyclic) bond motifs is 6. The van der Waals surface area contributed by atoms with Gasteiger partial charge >= 0.3 is 0 Å². The molecule has 2 aliphatic carbocycles. The van der Waals surface area contributed by atoms with Crippen LogP contribution in [0.4, 0.5) is 0 Å². The van der Waals surface area contributed by atoms with Gasteiger partial charge < -0.3 is 14.6 Å². The van der Waals surface area contributed by atoms with Crippen LogP contribution in [0, 0.1) is 0 Å². The van der Waals surface area contributed by atoms with E-state index in [9.17, 15) is 18.0 Å². The highest BCUT2D eigenvalue weighted by Gasteiger charge is 2.41. The molecular formula is C44H54N6O5S. The van der Waals surface area contributed by atoms with Gasteiger partial charge in [0.25, 0.3) is 0 Å². The van der Waals surface area contributed by atoms with Crippen LogP contribution < -0.4 is 14.8 Å².